The first-order valence-corrected chi connectivity index (χ1v) is 9.45. The van der Waals surface area contributed by atoms with Gasteiger partial charge in [-0.1, -0.05) is 42.0 Å². The van der Waals surface area contributed by atoms with Gasteiger partial charge < -0.3 is 0 Å². The lowest BCUT2D eigenvalue weighted by atomic mass is 10.1. The van der Waals surface area contributed by atoms with Gasteiger partial charge in [-0.25, -0.2) is 13.1 Å². The summed E-state index contributed by atoms with van der Waals surface area (Å²) < 4.78 is 26.9. The van der Waals surface area contributed by atoms with Crippen molar-refractivity contribution in [2.75, 3.05) is 0 Å². The summed E-state index contributed by atoms with van der Waals surface area (Å²) in [5.41, 5.74) is 3.80. The quantitative estimate of drug-likeness (QED) is 0.872. The van der Waals surface area contributed by atoms with Gasteiger partial charge in [0, 0.05) is 6.42 Å². The van der Waals surface area contributed by atoms with Crippen LogP contribution in [-0.4, -0.2) is 14.3 Å². The number of benzene rings is 2. The second-order valence-electron chi connectivity index (χ2n) is 6.14. The Bertz CT molecular complexity index is 824. The standard InChI is InChI=1S/C19H23NO3S/c1-14-8-11-17(12-9-14)5-4-6-19(21)20-24(22,23)18-13-15(2)7-10-16(18)3/h7-13H,4-6H2,1-3H3,(H,20,21). The third kappa shape index (κ3) is 4.93. The molecule has 24 heavy (non-hydrogen) atoms. The molecule has 128 valence electrons. The fourth-order valence-electron chi connectivity index (χ4n) is 2.46. The van der Waals surface area contributed by atoms with Crippen LogP contribution in [0.2, 0.25) is 0 Å². The molecule has 0 bridgehead atoms. The second kappa shape index (κ2) is 7.62. The number of carbonyl (C=O) groups excluding carboxylic acids is 1. The summed E-state index contributed by atoms with van der Waals surface area (Å²) in [7, 11) is -3.81. The van der Waals surface area contributed by atoms with Crippen LogP contribution in [0.5, 0.6) is 0 Å². The molecular formula is C19H23NO3S. The Balaban J connectivity index is 1.93. The zero-order valence-electron chi connectivity index (χ0n) is 14.3. The fourth-order valence-corrected chi connectivity index (χ4v) is 3.81. The molecular weight excluding hydrogens is 322 g/mol. The summed E-state index contributed by atoms with van der Waals surface area (Å²) in [6, 6.07) is 13.3. The lowest BCUT2D eigenvalue weighted by Crippen LogP contribution is -2.31. The molecule has 0 atom stereocenters. The molecule has 0 aliphatic heterocycles. The molecule has 0 aliphatic carbocycles. The minimum absolute atomic E-state index is 0.161. The summed E-state index contributed by atoms with van der Waals surface area (Å²) in [4.78, 5) is 12.1. The first-order chi connectivity index (χ1) is 11.3. The van der Waals surface area contributed by atoms with Gasteiger partial charge in [0.1, 0.15) is 0 Å². The van der Waals surface area contributed by atoms with Gasteiger partial charge >= 0.3 is 0 Å². The Hall–Kier alpha value is -2.14. The Morgan fingerprint density at radius 2 is 1.58 bits per heavy atom. The van der Waals surface area contributed by atoms with Gasteiger partial charge in [0.05, 0.1) is 4.90 Å². The minimum Gasteiger partial charge on any atom is -0.274 e. The number of nitrogens with one attached hydrogen (secondary N) is 1. The number of sulfonamides is 1. The summed E-state index contributed by atoms with van der Waals surface area (Å²) in [6.07, 6.45) is 1.53. The van der Waals surface area contributed by atoms with Gasteiger partial charge in [0.2, 0.25) is 5.91 Å². The molecule has 0 saturated carbocycles. The molecule has 2 aromatic carbocycles. The van der Waals surface area contributed by atoms with Crippen LogP contribution < -0.4 is 4.72 Å². The van der Waals surface area contributed by atoms with Crippen molar-refractivity contribution in [1.29, 1.82) is 0 Å². The highest BCUT2D eigenvalue weighted by atomic mass is 32.2. The Morgan fingerprint density at radius 3 is 2.25 bits per heavy atom. The van der Waals surface area contributed by atoms with Gasteiger partial charge in [-0.05, 0) is 56.4 Å². The van der Waals surface area contributed by atoms with Gasteiger partial charge in [-0.2, -0.15) is 0 Å². The Morgan fingerprint density at radius 1 is 0.958 bits per heavy atom. The average Bonchev–Trinajstić information content (AvgIpc) is 2.51. The van der Waals surface area contributed by atoms with Crippen LogP contribution in [0.1, 0.15) is 35.1 Å². The number of rotatable bonds is 6. The largest absolute Gasteiger partial charge is 0.274 e. The van der Waals surface area contributed by atoms with Crippen molar-refractivity contribution in [1.82, 2.24) is 4.72 Å². The molecule has 1 N–H and O–H groups in total. The third-order valence-corrected chi connectivity index (χ3v) is 5.39. The van der Waals surface area contributed by atoms with Crippen LogP contribution in [0.15, 0.2) is 47.4 Å². The lowest BCUT2D eigenvalue weighted by molar-refractivity contribution is -0.119. The molecule has 0 heterocycles. The number of aryl methyl sites for hydroxylation is 4. The zero-order chi connectivity index (χ0) is 17.7. The maximum Gasteiger partial charge on any atom is 0.264 e. The van der Waals surface area contributed by atoms with Gasteiger partial charge in [0.15, 0.2) is 0 Å². The van der Waals surface area contributed by atoms with E-state index in [4.69, 9.17) is 0 Å². The maximum absolute atomic E-state index is 12.4. The SMILES string of the molecule is Cc1ccc(CCCC(=O)NS(=O)(=O)c2cc(C)ccc2C)cc1. The van der Waals surface area contributed by atoms with Crippen molar-refractivity contribution in [2.45, 2.75) is 44.9 Å². The molecule has 0 unspecified atom stereocenters. The number of carbonyl (C=O) groups is 1. The van der Waals surface area contributed by atoms with E-state index in [1.807, 2.05) is 44.2 Å². The average molecular weight is 345 g/mol. The zero-order valence-corrected chi connectivity index (χ0v) is 15.1. The second-order valence-corrected chi connectivity index (χ2v) is 7.79. The highest BCUT2D eigenvalue weighted by Crippen LogP contribution is 2.17. The number of amides is 1. The summed E-state index contributed by atoms with van der Waals surface area (Å²) in [5, 5.41) is 0. The molecule has 1 amide bonds. The van der Waals surface area contributed by atoms with Gasteiger partial charge in [-0.3, -0.25) is 4.79 Å². The molecule has 0 radical (unpaired) electrons. The minimum atomic E-state index is -3.81. The Kier molecular flexibility index (Phi) is 5.78. The van der Waals surface area contributed by atoms with Crippen molar-refractivity contribution in [3.05, 3.63) is 64.7 Å². The van der Waals surface area contributed by atoms with E-state index in [9.17, 15) is 13.2 Å². The summed E-state index contributed by atoms with van der Waals surface area (Å²) in [6.45, 7) is 5.56. The van der Waals surface area contributed by atoms with Gasteiger partial charge in [0.25, 0.3) is 10.0 Å². The Labute approximate surface area is 144 Å². The van der Waals surface area contributed by atoms with E-state index in [1.54, 1.807) is 19.1 Å². The maximum atomic E-state index is 12.4. The molecule has 4 nitrogen and oxygen atoms in total. The first-order valence-electron chi connectivity index (χ1n) is 7.96. The molecule has 0 saturated heterocycles. The normalized spacial score (nSPS) is 11.3. The fraction of sp³-hybridized carbons (Fsp3) is 0.316. The van der Waals surface area contributed by atoms with Crippen LogP contribution in [-0.2, 0) is 21.2 Å². The van der Waals surface area contributed by atoms with E-state index < -0.39 is 15.9 Å². The smallest absolute Gasteiger partial charge is 0.264 e. The first kappa shape index (κ1) is 18.2. The predicted octanol–water partition coefficient (Wildman–Crippen LogP) is 3.44. The highest BCUT2D eigenvalue weighted by Gasteiger charge is 2.19. The summed E-state index contributed by atoms with van der Waals surface area (Å²) in [5.74, 6) is -0.469. The van der Waals surface area contributed by atoms with E-state index in [1.165, 1.54) is 5.56 Å². The molecule has 0 aromatic heterocycles. The van der Waals surface area contributed by atoms with Crippen LogP contribution in [0.3, 0.4) is 0 Å². The van der Waals surface area contributed by atoms with Crippen LogP contribution >= 0.6 is 0 Å². The van der Waals surface area contributed by atoms with Crippen molar-refractivity contribution in [2.24, 2.45) is 0 Å². The van der Waals surface area contributed by atoms with E-state index in [2.05, 4.69) is 4.72 Å². The lowest BCUT2D eigenvalue weighted by Gasteiger charge is -2.10. The van der Waals surface area contributed by atoms with E-state index in [0.717, 1.165) is 17.5 Å². The topological polar surface area (TPSA) is 63.2 Å². The third-order valence-electron chi connectivity index (χ3n) is 3.87. The molecule has 0 fully saturated rings. The van der Waals surface area contributed by atoms with Crippen molar-refractivity contribution < 1.29 is 13.2 Å². The van der Waals surface area contributed by atoms with E-state index in [-0.39, 0.29) is 11.3 Å². The van der Waals surface area contributed by atoms with Crippen molar-refractivity contribution in [3.8, 4) is 0 Å². The predicted molar refractivity (Wildman–Crippen MR) is 95.4 cm³/mol. The van der Waals surface area contributed by atoms with Crippen molar-refractivity contribution in [3.63, 3.8) is 0 Å². The molecule has 5 heteroatoms. The van der Waals surface area contributed by atoms with Crippen LogP contribution in [0.4, 0.5) is 0 Å². The van der Waals surface area contributed by atoms with Gasteiger partial charge in [-0.15, -0.1) is 0 Å². The van der Waals surface area contributed by atoms with E-state index in [0.29, 0.717) is 12.0 Å². The monoisotopic (exact) mass is 345 g/mol. The molecule has 0 spiro atoms. The van der Waals surface area contributed by atoms with Crippen molar-refractivity contribution >= 4 is 15.9 Å². The number of hydrogen-bond acceptors (Lipinski definition) is 3. The summed E-state index contributed by atoms with van der Waals surface area (Å²) >= 11 is 0. The van der Waals surface area contributed by atoms with Crippen LogP contribution in [0.25, 0.3) is 0 Å². The number of hydrogen-bond donors (Lipinski definition) is 1. The van der Waals surface area contributed by atoms with E-state index >= 15 is 0 Å². The molecule has 2 rings (SSSR count). The highest BCUT2D eigenvalue weighted by molar-refractivity contribution is 7.90. The molecule has 0 aliphatic rings. The molecule has 2 aromatic rings. The van der Waals surface area contributed by atoms with Crippen LogP contribution in [0, 0.1) is 20.8 Å².